The van der Waals surface area contributed by atoms with Crippen LogP contribution in [0.5, 0.6) is 0 Å². The average molecular weight is 427 g/mol. The van der Waals surface area contributed by atoms with Crippen molar-refractivity contribution in [1.29, 1.82) is 0 Å². The number of carbonyl (C=O) groups excluding carboxylic acids is 2. The van der Waals surface area contributed by atoms with E-state index < -0.39 is 0 Å². The molecule has 1 N–H and O–H groups in total. The maximum absolute atomic E-state index is 11.9. The van der Waals surface area contributed by atoms with Gasteiger partial charge in [0, 0.05) is 15.7 Å². The molecule has 124 valence electrons. The van der Waals surface area contributed by atoms with E-state index >= 15 is 0 Å². The van der Waals surface area contributed by atoms with Crippen molar-refractivity contribution >= 4 is 40.2 Å². The molecule has 2 saturated carbocycles. The first-order valence-corrected chi connectivity index (χ1v) is 9.30. The van der Waals surface area contributed by atoms with Crippen LogP contribution in [0.25, 0.3) is 0 Å². The van der Waals surface area contributed by atoms with Gasteiger partial charge in [-0.2, -0.15) is 0 Å². The topological polar surface area (TPSA) is 55.4 Å². The van der Waals surface area contributed by atoms with Crippen LogP contribution < -0.4 is 5.32 Å². The lowest BCUT2D eigenvalue weighted by molar-refractivity contribution is -0.148. The number of fused-ring (bicyclic) bond motifs is 2. The van der Waals surface area contributed by atoms with Crippen molar-refractivity contribution in [3.8, 4) is 0 Å². The van der Waals surface area contributed by atoms with E-state index in [1.807, 2.05) is 25.1 Å². The second-order valence-electron chi connectivity index (χ2n) is 6.81. The van der Waals surface area contributed by atoms with E-state index in [1.165, 1.54) is 19.3 Å². The highest BCUT2D eigenvalue weighted by Gasteiger charge is 2.40. The van der Waals surface area contributed by atoms with E-state index in [4.69, 9.17) is 4.74 Å². The van der Waals surface area contributed by atoms with Gasteiger partial charge >= 0.3 is 5.97 Å². The highest BCUT2D eigenvalue weighted by molar-refractivity contribution is 14.1. The fraction of sp³-hybridized carbons (Fsp3) is 0.556. The molecule has 5 heteroatoms. The Morgan fingerprint density at radius 3 is 2.78 bits per heavy atom. The van der Waals surface area contributed by atoms with Crippen LogP contribution in [-0.4, -0.2) is 18.5 Å². The van der Waals surface area contributed by atoms with Crippen molar-refractivity contribution in [3.63, 3.8) is 0 Å². The van der Waals surface area contributed by atoms with Crippen LogP contribution in [0.3, 0.4) is 0 Å². The summed E-state index contributed by atoms with van der Waals surface area (Å²) in [5.41, 5.74) is 1.76. The van der Waals surface area contributed by atoms with Crippen molar-refractivity contribution in [2.75, 3.05) is 11.9 Å². The van der Waals surface area contributed by atoms with Gasteiger partial charge in [0.25, 0.3) is 5.91 Å². The summed E-state index contributed by atoms with van der Waals surface area (Å²) in [7, 11) is 0. The van der Waals surface area contributed by atoms with Gasteiger partial charge in [0.1, 0.15) is 0 Å². The summed E-state index contributed by atoms with van der Waals surface area (Å²) >= 11 is 2.23. The number of amides is 1. The molecule has 3 atom stereocenters. The first-order chi connectivity index (χ1) is 11.0. The minimum Gasteiger partial charge on any atom is -0.456 e. The van der Waals surface area contributed by atoms with E-state index in [1.54, 1.807) is 0 Å². The molecule has 1 amide bonds. The van der Waals surface area contributed by atoms with E-state index in [0.717, 1.165) is 27.2 Å². The van der Waals surface area contributed by atoms with Crippen LogP contribution in [0.2, 0.25) is 0 Å². The molecular formula is C18H22INO3. The largest absolute Gasteiger partial charge is 0.456 e. The van der Waals surface area contributed by atoms with Crippen LogP contribution in [0.4, 0.5) is 5.69 Å². The van der Waals surface area contributed by atoms with Gasteiger partial charge < -0.3 is 10.1 Å². The molecule has 0 spiro atoms. The third kappa shape index (κ3) is 4.25. The Bertz CT molecular complexity index is 616. The monoisotopic (exact) mass is 427 g/mol. The van der Waals surface area contributed by atoms with Crippen molar-refractivity contribution < 1.29 is 14.3 Å². The Balaban J connectivity index is 1.42. The van der Waals surface area contributed by atoms with Gasteiger partial charge in [0.15, 0.2) is 6.61 Å². The lowest BCUT2D eigenvalue weighted by Gasteiger charge is -2.20. The number of ether oxygens (including phenoxy) is 1. The number of benzene rings is 1. The quantitative estimate of drug-likeness (QED) is 0.573. The van der Waals surface area contributed by atoms with E-state index in [-0.39, 0.29) is 18.5 Å². The number of hydrogen-bond acceptors (Lipinski definition) is 3. The number of rotatable bonds is 5. The number of nitrogens with one attached hydrogen (secondary N) is 1. The molecule has 2 aliphatic rings. The Morgan fingerprint density at radius 1 is 1.30 bits per heavy atom. The first-order valence-electron chi connectivity index (χ1n) is 8.23. The number of carbonyl (C=O) groups is 2. The van der Waals surface area contributed by atoms with Crippen molar-refractivity contribution in [2.24, 2.45) is 17.8 Å². The van der Waals surface area contributed by atoms with E-state index in [0.29, 0.717) is 18.3 Å². The standard InChI is InChI=1S/C18H22INO3/c1-11-6-15(19)4-5-16(11)20-17(21)10-23-18(22)9-14-8-12-2-3-13(14)7-12/h4-6,12-14H,2-3,7-10H2,1H3,(H,20,21)/t12-,13-,14+/m0/s1. The number of anilines is 1. The number of aryl methyl sites for hydroxylation is 1. The number of hydrogen-bond donors (Lipinski definition) is 1. The van der Waals surface area contributed by atoms with E-state index in [9.17, 15) is 9.59 Å². The molecule has 0 aliphatic heterocycles. The molecular weight excluding hydrogens is 405 g/mol. The minimum atomic E-state index is -0.282. The number of esters is 1. The van der Waals surface area contributed by atoms with E-state index in [2.05, 4.69) is 27.9 Å². The summed E-state index contributed by atoms with van der Waals surface area (Å²) < 4.78 is 6.28. The van der Waals surface area contributed by atoms with Crippen LogP contribution in [-0.2, 0) is 14.3 Å². The molecule has 0 saturated heterocycles. The Hall–Kier alpha value is -1.11. The molecule has 2 bridgehead atoms. The second kappa shape index (κ2) is 7.20. The van der Waals surface area contributed by atoms with Gasteiger partial charge in [-0.1, -0.05) is 6.42 Å². The summed E-state index contributed by atoms with van der Waals surface area (Å²) in [6, 6.07) is 5.80. The zero-order valence-corrected chi connectivity index (χ0v) is 15.5. The molecule has 0 aromatic heterocycles. The fourth-order valence-electron chi connectivity index (χ4n) is 4.00. The molecule has 0 heterocycles. The maximum atomic E-state index is 11.9. The van der Waals surface area contributed by atoms with Gasteiger partial charge in [-0.05, 0) is 90.3 Å². The highest BCUT2D eigenvalue weighted by atomic mass is 127. The SMILES string of the molecule is Cc1cc(I)ccc1NC(=O)COC(=O)C[C@H]1C[C@H]2CC[C@H]1C2. The molecule has 2 fully saturated rings. The summed E-state index contributed by atoms with van der Waals surface area (Å²) in [4.78, 5) is 23.9. The summed E-state index contributed by atoms with van der Waals surface area (Å²) in [6.07, 6.45) is 5.50. The third-order valence-electron chi connectivity index (χ3n) is 5.14. The lowest BCUT2D eigenvalue weighted by Crippen LogP contribution is -2.23. The smallest absolute Gasteiger partial charge is 0.306 e. The normalized spacial score (nSPS) is 25.4. The Morgan fingerprint density at radius 2 is 2.13 bits per heavy atom. The lowest BCUT2D eigenvalue weighted by atomic mass is 9.86. The number of halogens is 1. The van der Waals surface area contributed by atoms with Crippen LogP contribution >= 0.6 is 22.6 Å². The van der Waals surface area contributed by atoms with Gasteiger partial charge in [0.2, 0.25) is 0 Å². The molecule has 23 heavy (non-hydrogen) atoms. The van der Waals surface area contributed by atoms with Crippen LogP contribution in [0, 0.1) is 28.2 Å². The van der Waals surface area contributed by atoms with Gasteiger partial charge in [-0.25, -0.2) is 0 Å². The molecule has 1 aromatic carbocycles. The Kier molecular flexibility index (Phi) is 5.24. The summed E-state index contributed by atoms with van der Waals surface area (Å²) in [6.45, 7) is 1.74. The molecule has 2 aliphatic carbocycles. The van der Waals surface area contributed by atoms with Crippen LogP contribution in [0.1, 0.15) is 37.7 Å². The molecule has 0 unspecified atom stereocenters. The third-order valence-corrected chi connectivity index (χ3v) is 5.81. The maximum Gasteiger partial charge on any atom is 0.306 e. The zero-order valence-electron chi connectivity index (χ0n) is 13.3. The molecule has 1 aromatic rings. The first kappa shape index (κ1) is 16.7. The van der Waals surface area contributed by atoms with Crippen molar-refractivity contribution in [1.82, 2.24) is 0 Å². The molecule has 3 rings (SSSR count). The minimum absolute atomic E-state index is 0.203. The predicted molar refractivity (Wildman–Crippen MR) is 97.0 cm³/mol. The predicted octanol–water partition coefficient (Wildman–Crippen LogP) is 3.91. The summed E-state index contributed by atoms with van der Waals surface area (Å²) in [5, 5.41) is 2.79. The second-order valence-corrected chi connectivity index (χ2v) is 8.05. The molecule has 4 nitrogen and oxygen atoms in total. The van der Waals surface area contributed by atoms with Gasteiger partial charge in [-0.3, -0.25) is 9.59 Å². The zero-order chi connectivity index (χ0) is 16.4. The Labute approximate surface area is 150 Å². The van der Waals surface area contributed by atoms with Crippen molar-refractivity contribution in [3.05, 3.63) is 27.3 Å². The molecule has 0 radical (unpaired) electrons. The fourth-order valence-corrected chi connectivity index (χ4v) is 4.65. The van der Waals surface area contributed by atoms with Crippen molar-refractivity contribution in [2.45, 2.75) is 39.0 Å². The average Bonchev–Trinajstić information content (AvgIpc) is 3.11. The summed E-state index contributed by atoms with van der Waals surface area (Å²) in [5.74, 6) is 1.48. The van der Waals surface area contributed by atoms with Gasteiger partial charge in [-0.15, -0.1) is 0 Å². The van der Waals surface area contributed by atoms with Crippen LogP contribution in [0.15, 0.2) is 18.2 Å². The highest BCUT2D eigenvalue weighted by Crippen LogP contribution is 2.49. The van der Waals surface area contributed by atoms with Gasteiger partial charge in [0.05, 0.1) is 0 Å².